The number of carboxylic acid groups (broad SMARTS) is 1. The number of hydrogen-bond donors (Lipinski definition) is 1. The molecular weight excluding hydrogens is 196 g/mol. The summed E-state index contributed by atoms with van der Waals surface area (Å²) in [6.45, 7) is 0. The van der Waals surface area contributed by atoms with E-state index in [1.54, 1.807) is 0 Å². The van der Waals surface area contributed by atoms with Crippen LogP contribution in [0, 0.1) is 0 Å². The highest BCUT2D eigenvalue weighted by molar-refractivity contribution is 5.60. The van der Waals surface area contributed by atoms with E-state index in [0.29, 0.717) is 5.92 Å². The maximum absolute atomic E-state index is 10.2. The molecule has 0 aliphatic heterocycles. The fraction of sp³-hybridized carbons (Fsp3) is 0.500. The zero-order valence-electron chi connectivity index (χ0n) is 8.22. The van der Waals surface area contributed by atoms with Crippen LogP contribution in [0.4, 0.5) is 4.79 Å². The van der Waals surface area contributed by atoms with Crippen LogP contribution in [-0.4, -0.2) is 21.2 Å². The summed E-state index contributed by atoms with van der Waals surface area (Å²) >= 11 is 0. The van der Waals surface area contributed by atoms with E-state index in [4.69, 9.17) is 5.11 Å². The Hall–Kier alpha value is -1.65. The highest BCUT2D eigenvalue weighted by Gasteiger charge is 2.19. The topological polar surface area (TPSA) is 72.3 Å². The van der Waals surface area contributed by atoms with Crippen molar-refractivity contribution in [3.63, 3.8) is 0 Å². The van der Waals surface area contributed by atoms with Gasteiger partial charge in [-0.3, -0.25) is 0 Å². The molecule has 1 N–H and O–H groups in total. The molecule has 0 saturated heterocycles. The normalized spacial score (nSPS) is 16.5. The fourth-order valence-corrected chi connectivity index (χ4v) is 1.87. The van der Waals surface area contributed by atoms with Crippen molar-refractivity contribution in [2.75, 3.05) is 0 Å². The second-order valence-electron chi connectivity index (χ2n) is 3.63. The molecule has 0 spiro atoms. The predicted octanol–water partition coefficient (Wildman–Crippen LogP) is 2.19. The lowest BCUT2D eigenvalue weighted by molar-refractivity contribution is 0.144. The Morgan fingerprint density at radius 2 is 1.93 bits per heavy atom. The molecule has 0 radical (unpaired) electrons. The zero-order chi connectivity index (χ0) is 10.7. The first-order chi connectivity index (χ1) is 7.25. The lowest BCUT2D eigenvalue weighted by Gasteiger charge is -2.06. The van der Waals surface area contributed by atoms with Gasteiger partial charge in [0.05, 0.1) is 12.4 Å². The summed E-state index contributed by atoms with van der Waals surface area (Å²) in [6, 6.07) is 0. The fourth-order valence-electron chi connectivity index (χ4n) is 1.87. The number of aromatic nitrogens is 2. The van der Waals surface area contributed by atoms with E-state index >= 15 is 0 Å². The van der Waals surface area contributed by atoms with Crippen molar-refractivity contribution in [1.82, 2.24) is 9.97 Å². The van der Waals surface area contributed by atoms with Gasteiger partial charge in [-0.1, -0.05) is 12.8 Å². The van der Waals surface area contributed by atoms with Crippen molar-refractivity contribution in [2.45, 2.75) is 31.6 Å². The van der Waals surface area contributed by atoms with Gasteiger partial charge < -0.3 is 9.84 Å². The monoisotopic (exact) mass is 208 g/mol. The number of rotatable bonds is 2. The van der Waals surface area contributed by atoms with Crippen molar-refractivity contribution in [1.29, 1.82) is 0 Å². The first kappa shape index (κ1) is 9.89. The van der Waals surface area contributed by atoms with E-state index < -0.39 is 6.16 Å². The summed E-state index contributed by atoms with van der Waals surface area (Å²) in [7, 11) is 0. The first-order valence-electron chi connectivity index (χ1n) is 4.98. The molecule has 1 aromatic rings. The third kappa shape index (κ3) is 2.43. The zero-order valence-corrected chi connectivity index (χ0v) is 8.22. The van der Waals surface area contributed by atoms with Gasteiger partial charge in [-0.15, -0.1) is 0 Å². The minimum absolute atomic E-state index is 0.171. The smallest absolute Gasteiger partial charge is 0.449 e. The molecule has 1 heterocycles. The van der Waals surface area contributed by atoms with E-state index in [-0.39, 0.29) is 5.75 Å². The summed E-state index contributed by atoms with van der Waals surface area (Å²) in [4.78, 5) is 18.5. The summed E-state index contributed by atoms with van der Waals surface area (Å²) in [6.07, 6.45) is 6.18. The molecule has 15 heavy (non-hydrogen) atoms. The van der Waals surface area contributed by atoms with Crippen LogP contribution in [0.2, 0.25) is 0 Å². The lowest BCUT2D eigenvalue weighted by Crippen LogP contribution is -2.05. The Kier molecular flexibility index (Phi) is 2.80. The molecule has 1 aromatic heterocycles. The number of nitrogens with zero attached hydrogens (tertiary/aromatic N) is 2. The van der Waals surface area contributed by atoms with Crippen molar-refractivity contribution < 1.29 is 14.6 Å². The SMILES string of the molecule is O=C(O)Oc1cnc(C2CCCC2)nc1. The van der Waals surface area contributed by atoms with E-state index in [0.717, 1.165) is 18.7 Å². The van der Waals surface area contributed by atoms with Gasteiger partial charge in [-0.25, -0.2) is 14.8 Å². The quantitative estimate of drug-likeness (QED) is 0.754. The molecule has 5 heteroatoms. The first-order valence-corrected chi connectivity index (χ1v) is 4.98. The third-order valence-electron chi connectivity index (χ3n) is 2.57. The second-order valence-corrected chi connectivity index (χ2v) is 3.63. The molecule has 1 saturated carbocycles. The Balaban J connectivity index is 2.06. The van der Waals surface area contributed by atoms with Gasteiger partial charge in [-0.2, -0.15) is 0 Å². The summed E-state index contributed by atoms with van der Waals surface area (Å²) in [5.74, 6) is 1.40. The van der Waals surface area contributed by atoms with Crippen LogP contribution in [-0.2, 0) is 0 Å². The standard InChI is InChI=1S/C10H12N2O3/c13-10(14)15-8-5-11-9(12-6-8)7-3-1-2-4-7/h5-7H,1-4H2,(H,13,14). The molecule has 1 aliphatic rings. The van der Waals surface area contributed by atoms with Gasteiger partial charge in [0.1, 0.15) is 5.82 Å². The molecule has 80 valence electrons. The minimum atomic E-state index is -1.34. The van der Waals surface area contributed by atoms with Crippen molar-refractivity contribution in [3.05, 3.63) is 18.2 Å². The second kappa shape index (κ2) is 4.25. The highest BCUT2D eigenvalue weighted by Crippen LogP contribution is 2.31. The molecular formula is C10H12N2O3. The Labute approximate surface area is 87.1 Å². The van der Waals surface area contributed by atoms with Gasteiger partial charge in [0, 0.05) is 5.92 Å². The predicted molar refractivity (Wildman–Crippen MR) is 51.9 cm³/mol. The lowest BCUT2D eigenvalue weighted by atomic mass is 10.1. The van der Waals surface area contributed by atoms with Crippen molar-refractivity contribution >= 4 is 6.16 Å². The highest BCUT2D eigenvalue weighted by atomic mass is 16.7. The van der Waals surface area contributed by atoms with E-state index in [2.05, 4.69) is 14.7 Å². The maximum Gasteiger partial charge on any atom is 0.511 e. The van der Waals surface area contributed by atoms with Gasteiger partial charge in [0.2, 0.25) is 0 Å². The molecule has 0 atom stereocenters. The van der Waals surface area contributed by atoms with Crippen molar-refractivity contribution in [2.24, 2.45) is 0 Å². The van der Waals surface area contributed by atoms with Gasteiger partial charge >= 0.3 is 6.16 Å². The molecule has 0 amide bonds. The van der Waals surface area contributed by atoms with Crippen LogP contribution in [0.1, 0.15) is 37.4 Å². The van der Waals surface area contributed by atoms with Gasteiger partial charge in [0.25, 0.3) is 0 Å². The van der Waals surface area contributed by atoms with Crippen LogP contribution in [0.3, 0.4) is 0 Å². The molecule has 5 nitrogen and oxygen atoms in total. The summed E-state index contributed by atoms with van der Waals surface area (Å²) in [5, 5.41) is 8.37. The van der Waals surface area contributed by atoms with Crippen LogP contribution in [0.25, 0.3) is 0 Å². The number of hydrogen-bond acceptors (Lipinski definition) is 4. The Bertz CT molecular complexity index is 344. The van der Waals surface area contributed by atoms with E-state index in [9.17, 15) is 4.79 Å². The summed E-state index contributed by atoms with van der Waals surface area (Å²) in [5.41, 5.74) is 0. The van der Waals surface area contributed by atoms with Gasteiger partial charge in [-0.05, 0) is 12.8 Å². The molecule has 1 aliphatic carbocycles. The third-order valence-corrected chi connectivity index (χ3v) is 2.57. The Morgan fingerprint density at radius 1 is 1.33 bits per heavy atom. The van der Waals surface area contributed by atoms with Crippen LogP contribution < -0.4 is 4.74 Å². The van der Waals surface area contributed by atoms with Crippen LogP contribution in [0.5, 0.6) is 5.75 Å². The van der Waals surface area contributed by atoms with Crippen LogP contribution in [0.15, 0.2) is 12.4 Å². The van der Waals surface area contributed by atoms with Crippen LogP contribution >= 0.6 is 0 Å². The minimum Gasteiger partial charge on any atom is -0.449 e. The average Bonchev–Trinajstić information content (AvgIpc) is 2.71. The van der Waals surface area contributed by atoms with E-state index in [1.165, 1.54) is 25.2 Å². The molecule has 0 bridgehead atoms. The molecule has 1 fully saturated rings. The van der Waals surface area contributed by atoms with Gasteiger partial charge in [0.15, 0.2) is 5.75 Å². The summed E-state index contributed by atoms with van der Waals surface area (Å²) < 4.78 is 4.42. The van der Waals surface area contributed by atoms with E-state index in [1.807, 2.05) is 0 Å². The molecule has 2 rings (SSSR count). The Morgan fingerprint density at radius 3 is 2.47 bits per heavy atom. The molecule has 0 aromatic carbocycles. The largest absolute Gasteiger partial charge is 0.511 e. The maximum atomic E-state index is 10.2. The van der Waals surface area contributed by atoms with Crippen molar-refractivity contribution in [3.8, 4) is 5.75 Å². The number of ether oxygens (including phenoxy) is 1. The number of carbonyl (C=O) groups is 1. The average molecular weight is 208 g/mol. The molecule has 0 unspecified atom stereocenters.